The largest absolute Gasteiger partial charge is 0.461 e. The van der Waals surface area contributed by atoms with E-state index < -0.39 is 6.04 Å². The number of esters is 1. The number of rotatable bonds is 10. The first-order valence-electron chi connectivity index (χ1n) is 16.3. The summed E-state index contributed by atoms with van der Waals surface area (Å²) in [5, 5.41) is 2.37. The monoisotopic (exact) mass is 592 g/mol. The van der Waals surface area contributed by atoms with Crippen molar-refractivity contribution >= 4 is 24.2 Å². The van der Waals surface area contributed by atoms with Crippen LogP contribution in [-0.2, 0) is 23.9 Å². The molecule has 1 saturated carbocycles. The Balaban J connectivity index is 0.000000611. The van der Waals surface area contributed by atoms with Gasteiger partial charge in [0.1, 0.15) is 12.1 Å². The molecule has 3 aliphatic rings. The van der Waals surface area contributed by atoms with E-state index in [0.717, 1.165) is 38.1 Å². The summed E-state index contributed by atoms with van der Waals surface area (Å²) in [7, 11) is 1.66. The molecule has 3 fully saturated rings. The van der Waals surface area contributed by atoms with Crippen LogP contribution >= 0.6 is 0 Å². The average molecular weight is 593 g/mol. The Kier molecular flexibility index (Phi) is 18.3. The minimum Gasteiger partial charge on any atom is -0.461 e. The van der Waals surface area contributed by atoms with Gasteiger partial charge >= 0.3 is 5.97 Å². The lowest BCUT2D eigenvalue weighted by Gasteiger charge is -2.30. The van der Waals surface area contributed by atoms with Crippen molar-refractivity contribution in [2.45, 2.75) is 137 Å². The van der Waals surface area contributed by atoms with Crippen LogP contribution in [0.15, 0.2) is 11.6 Å². The number of piperidine rings is 1. The number of nitrogens with zero attached hydrogens (tertiary/aromatic N) is 3. The molecule has 3 rings (SSSR count). The number of likely N-dealkylation sites (tertiary alicyclic amines) is 2. The maximum absolute atomic E-state index is 13.1. The topological polar surface area (TPSA) is 99.3 Å². The van der Waals surface area contributed by atoms with Gasteiger partial charge in [-0.05, 0) is 91.1 Å². The van der Waals surface area contributed by atoms with E-state index in [2.05, 4.69) is 37.9 Å². The van der Waals surface area contributed by atoms with Crippen molar-refractivity contribution in [3.8, 4) is 0 Å². The van der Waals surface area contributed by atoms with E-state index in [9.17, 15) is 19.2 Å². The number of carbonyl (C=O) groups is 4. The van der Waals surface area contributed by atoms with Crippen LogP contribution in [0.1, 0.15) is 113 Å². The highest BCUT2D eigenvalue weighted by atomic mass is 16.5. The third kappa shape index (κ3) is 12.8. The van der Waals surface area contributed by atoms with Crippen molar-refractivity contribution in [3.05, 3.63) is 11.6 Å². The Morgan fingerprint density at radius 2 is 1.52 bits per heavy atom. The zero-order valence-electron chi connectivity index (χ0n) is 27.8. The van der Waals surface area contributed by atoms with Crippen molar-refractivity contribution in [2.24, 2.45) is 5.92 Å². The number of nitrogens with one attached hydrogen (secondary N) is 1. The highest BCUT2D eigenvalue weighted by Crippen LogP contribution is 2.26. The molecule has 2 saturated heterocycles. The lowest BCUT2D eigenvalue weighted by Crippen LogP contribution is -2.45. The van der Waals surface area contributed by atoms with Gasteiger partial charge in [-0.15, -0.1) is 0 Å². The molecule has 9 heteroatoms. The lowest BCUT2D eigenvalue weighted by atomic mass is 9.99. The van der Waals surface area contributed by atoms with E-state index in [0.29, 0.717) is 24.9 Å². The van der Waals surface area contributed by atoms with Crippen LogP contribution in [0, 0.1) is 5.92 Å². The minimum absolute atomic E-state index is 0.0170. The highest BCUT2D eigenvalue weighted by Gasteiger charge is 2.37. The first-order valence-corrected chi connectivity index (χ1v) is 16.3. The van der Waals surface area contributed by atoms with Crippen molar-refractivity contribution in [2.75, 3.05) is 33.2 Å². The Morgan fingerprint density at radius 3 is 2.02 bits per heavy atom. The number of ether oxygens (including phenoxy) is 1. The highest BCUT2D eigenvalue weighted by molar-refractivity contribution is 5.96. The molecule has 3 amide bonds. The SMILES string of the molecule is C/C(=C\[C@H](C(C)C)N(C)C(=O)CNC=O)C(=O)N1CCC[C@H]1C(=O)OC1CCCC1.CC(C)N1CCCCC1.CCC. The van der Waals surface area contributed by atoms with Crippen LogP contribution in [0.25, 0.3) is 0 Å². The Morgan fingerprint density at radius 1 is 0.929 bits per heavy atom. The van der Waals surface area contributed by atoms with Gasteiger partial charge in [0.2, 0.25) is 18.2 Å². The van der Waals surface area contributed by atoms with Gasteiger partial charge in [-0.1, -0.05) is 46.6 Å². The summed E-state index contributed by atoms with van der Waals surface area (Å²) < 4.78 is 5.64. The van der Waals surface area contributed by atoms with Gasteiger partial charge in [0.15, 0.2) is 0 Å². The summed E-state index contributed by atoms with van der Waals surface area (Å²) in [6.07, 6.45) is 13.1. The van der Waals surface area contributed by atoms with Crippen LogP contribution in [0.5, 0.6) is 0 Å². The Hall–Kier alpha value is -2.42. The maximum Gasteiger partial charge on any atom is 0.329 e. The predicted molar refractivity (Wildman–Crippen MR) is 169 cm³/mol. The molecule has 0 spiro atoms. The first-order chi connectivity index (χ1) is 20.0. The summed E-state index contributed by atoms with van der Waals surface area (Å²) in [5.41, 5.74) is 0.497. The van der Waals surface area contributed by atoms with Gasteiger partial charge in [-0.25, -0.2) is 4.79 Å². The van der Waals surface area contributed by atoms with Gasteiger partial charge in [0.25, 0.3) is 0 Å². The fourth-order valence-corrected chi connectivity index (χ4v) is 5.66. The second-order valence-corrected chi connectivity index (χ2v) is 12.5. The molecule has 242 valence electrons. The molecule has 2 atom stereocenters. The van der Waals surface area contributed by atoms with E-state index in [-0.39, 0.29) is 42.4 Å². The molecule has 0 aromatic heterocycles. The lowest BCUT2D eigenvalue weighted by molar-refractivity contribution is -0.157. The predicted octanol–water partition coefficient (Wildman–Crippen LogP) is 4.94. The summed E-state index contributed by atoms with van der Waals surface area (Å²) in [4.78, 5) is 54.2. The molecular weight excluding hydrogens is 532 g/mol. The fraction of sp³-hybridized carbons (Fsp3) is 0.818. The van der Waals surface area contributed by atoms with E-state index in [1.807, 2.05) is 13.8 Å². The van der Waals surface area contributed by atoms with Crippen molar-refractivity contribution in [1.29, 1.82) is 0 Å². The van der Waals surface area contributed by atoms with Crippen molar-refractivity contribution in [3.63, 3.8) is 0 Å². The zero-order chi connectivity index (χ0) is 31.7. The van der Waals surface area contributed by atoms with E-state index in [4.69, 9.17) is 4.74 Å². The van der Waals surface area contributed by atoms with Crippen LogP contribution in [0.2, 0.25) is 0 Å². The van der Waals surface area contributed by atoms with E-state index >= 15 is 0 Å². The fourth-order valence-electron chi connectivity index (χ4n) is 5.66. The van der Waals surface area contributed by atoms with Gasteiger partial charge < -0.3 is 24.8 Å². The molecule has 1 aliphatic carbocycles. The summed E-state index contributed by atoms with van der Waals surface area (Å²) in [6.45, 7) is 17.6. The Labute approximate surface area is 255 Å². The molecule has 0 aromatic carbocycles. The number of carbonyl (C=O) groups excluding carboxylic acids is 4. The molecule has 9 nitrogen and oxygen atoms in total. The standard InChI is InChI=1S/C22H35N3O5.C8H17N.C3H8/c1-15(2)19(24(4)20(27)13-23-14-26)12-16(3)21(28)25-11-7-10-18(25)22(29)30-17-8-5-6-9-17;1-8(2)9-6-4-3-5-7-9;1-3-2/h12,14-15,17-19H,5-11,13H2,1-4H3,(H,23,26);8H,3-7H2,1-2H3;3H2,1-2H3/b16-12+;;/t18-,19+;;/m0../s1. The second kappa shape index (κ2) is 20.5. The van der Waals surface area contributed by atoms with Crippen LogP contribution in [0.4, 0.5) is 0 Å². The normalized spacial score (nSPS) is 20.3. The molecule has 2 aliphatic heterocycles. The molecule has 0 unspecified atom stereocenters. The number of hydrogen-bond donors (Lipinski definition) is 1. The smallest absolute Gasteiger partial charge is 0.329 e. The van der Waals surface area contributed by atoms with E-state index in [1.54, 1.807) is 24.9 Å². The summed E-state index contributed by atoms with van der Waals surface area (Å²) in [5.74, 6) is -0.664. The van der Waals surface area contributed by atoms with Crippen molar-refractivity contribution < 1.29 is 23.9 Å². The quantitative estimate of drug-likeness (QED) is 0.219. The van der Waals surface area contributed by atoms with Gasteiger partial charge in [0, 0.05) is 25.2 Å². The van der Waals surface area contributed by atoms with Crippen molar-refractivity contribution in [1.82, 2.24) is 20.0 Å². The van der Waals surface area contributed by atoms with Gasteiger partial charge in [-0.3, -0.25) is 14.4 Å². The maximum atomic E-state index is 13.1. The van der Waals surface area contributed by atoms with Gasteiger partial charge in [0.05, 0.1) is 12.6 Å². The van der Waals surface area contributed by atoms with Crippen LogP contribution < -0.4 is 5.32 Å². The number of amides is 3. The number of likely N-dealkylation sites (N-methyl/N-ethyl adjacent to an activating group) is 1. The molecule has 0 aromatic rings. The first kappa shape index (κ1) is 37.6. The molecule has 0 bridgehead atoms. The second-order valence-electron chi connectivity index (χ2n) is 12.5. The average Bonchev–Trinajstić information content (AvgIpc) is 3.67. The third-order valence-electron chi connectivity index (χ3n) is 8.11. The molecule has 0 radical (unpaired) electrons. The summed E-state index contributed by atoms with van der Waals surface area (Å²) in [6, 6.07) is -0.0678. The van der Waals surface area contributed by atoms with Crippen LogP contribution in [-0.4, -0.2) is 96.3 Å². The minimum atomic E-state index is -0.532. The van der Waals surface area contributed by atoms with Gasteiger partial charge in [-0.2, -0.15) is 0 Å². The van der Waals surface area contributed by atoms with E-state index in [1.165, 1.54) is 43.7 Å². The Bertz CT molecular complexity index is 847. The molecule has 2 heterocycles. The summed E-state index contributed by atoms with van der Waals surface area (Å²) >= 11 is 0. The third-order valence-corrected chi connectivity index (χ3v) is 8.11. The molecule has 1 N–H and O–H groups in total. The molecular formula is C33H60N4O5. The number of hydrogen-bond acceptors (Lipinski definition) is 6. The zero-order valence-corrected chi connectivity index (χ0v) is 27.8. The van der Waals surface area contributed by atoms with Crippen LogP contribution in [0.3, 0.4) is 0 Å². The molecule has 42 heavy (non-hydrogen) atoms.